The average molecular weight is 321 g/mol. The lowest BCUT2D eigenvalue weighted by molar-refractivity contribution is 0.0772. The third kappa shape index (κ3) is 4.47. The summed E-state index contributed by atoms with van der Waals surface area (Å²) >= 11 is 0. The molecule has 0 radical (unpaired) electrons. The Morgan fingerprint density at radius 3 is 2.87 bits per heavy atom. The van der Waals surface area contributed by atoms with E-state index in [0.717, 1.165) is 18.4 Å². The minimum Gasteiger partial charge on any atom is -0.336 e. The van der Waals surface area contributed by atoms with Crippen molar-refractivity contribution in [2.75, 3.05) is 20.6 Å². The summed E-state index contributed by atoms with van der Waals surface area (Å²) in [5.41, 5.74) is 1.09. The molecule has 1 aromatic heterocycles. The maximum Gasteiger partial charge on any atom is 0.315 e. The maximum atomic E-state index is 12.3. The molecule has 1 aliphatic carbocycles. The zero-order chi connectivity index (χ0) is 17.0. The maximum absolute atomic E-state index is 12.3. The number of nitrogens with one attached hydrogen (secondary N) is 2. The molecule has 0 spiro atoms. The van der Waals surface area contributed by atoms with Crippen molar-refractivity contribution in [1.82, 2.24) is 25.3 Å². The zero-order valence-corrected chi connectivity index (χ0v) is 15.1. The highest BCUT2D eigenvalue weighted by Crippen LogP contribution is 2.35. The van der Waals surface area contributed by atoms with Crippen molar-refractivity contribution in [3.8, 4) is 0 Å². The lowest BCUT2D eigenvalue weighted by Crippen LogP contribution is -2.56. The van der Waals surface area contributed by atoms with Crippen LogP contribution in [-0.4, -0.2) is 46.9 Å². The summed E-state index contributed by atoms with van der Waals surface area (Å²) < 4.78 is 1.75. The van der Waals surface area contributed by atoms with Crippen molar-refractivity contribution in [3.05, 3.63) is 18.0 Å². The topological polar surface area (TPSA) is 62.2 Å². The molecule has 0 aromatic carbocycles. The number of rotatable bonds is 5. The molecule has 0 unspecified atom stereocenters. The second-order valence-corrected chi connectivity index (χ2v) is 7.32. The lowest BCUT2D eigenvalue weighted by atomic mass is 9.75. The number of carbonyl (C=O) groups is 1. The molecule has 6 heteroatoms. The summed E-state index contributed by atoms with van der Waals surface area (Å²) in [5.74, 6) is 0.713. The first-order chi connectivity index (χ1) is 10.8. The van der Waals surface area contributed by atoms with Crippen molar-refractivity contribution in [1.29, 1.82) is 0 Å². The van der Waals surface area contributed by atoms with Crippen LogP contribution in [-0.2, 0) is 7.05 Å². The molecule has 0 aliphatic heterocycles. The van der Waals surface area contributed by atoms with E-state index in [4.69, 9.17) is 0 Å². The highest BCUT2D eigenvalue weighted by atomic mass is 16.2. The SMILES string of the molecule is C[C@@H]1CCC[C@@](CNC(=O)N[C@H](C)c2cnn(C)c2)(N(C)C)C1. The normalized spacial score (nSPS) is 26.1. The van der Waals surface area contributed by atoms with Gasteiger partial charge in [-0.2, -0.15) is 5.10 Å². The highest BCUT2D eigenvalue weighted by molar-refractivity contribution is 5.74. The molecule has 1 fully saturated rings. The van der Waals surface area contributed by atoms with Crippen LogP contribution in [0.3, 0.4) is 0 Å². The van der Waals surface area contributed by atoms with Crippen molar-refractivity contribution in [3.63, 3.8) is 0 Å². The van der Waals surface area contributed by atoms with Crippen LogP contribution in [0.5, 0.6) is 0 Å². The fraction of sp³-hybridized carbons (Fsp3) is 0.765. The van der Waals surface area contributed by atoms with E-state index in [1.165, 1.54) is 12.8 Å². The van der Waals surface area contributed by atoms with Gasteiger partial charge in [-0.3, -0.25) is 4.68 Å². The Bertz CT molecular complexity index is 527. The van der Waals surface area contributed by atoms with Crippen LogP contribution in [0.1, 0.15) is 51.1 Å². The van der Waals surface area contributed by atoms with Gasteiger partial charge in [0, 0.05) is 30.9 Å². The van der Waals surface area contributed by atoms with E-state index < -0.39 is 0 Å². The van der Waals surface area contributed by atoms with Gasteiger partial charge in [-0.15, -0.1) is 0 Å². The number of aromatic nitrogens is 2. The van der Waals surface area contributed by atoms with Crippen LogP contribution >= 0.6 is 0 Å². The number of amides is 2. The molecule has 130 valence electrons. The Balaban J connectivity index is 1.89. The first kappa shape index (κ1) is 17.8. The van der Waals surface area contributed by atoms with Gasteiger partial charge in [-0.05, 0) is 39.8 Å². The molecule has 23 heavy (non-hydrogen) atoms. The molecule has 1 aliphatic rings. The van der Waals surface area contributed by atoms with E-state index in [9.17, 15) is 4.79 Å². The second kappa shape index (κ2) is 7.34. The highest BCUT2D eigenvalue weighted by Gasteiger charge is 2.37. The molecule has 0 saturated heterocycles. The van der Waals surface area contributed by atoms with Crippen molar-refractivity contribution in [2.45, 2.75) is 51.1 Å². The molecule has 2 amide bonds. The molecule has 1 saturated carbocycles. The van der Waals surface area contributed by atoms with Gasteiger partial charge in [-0.25, -0.2) is 4.79 Å². The molecule has 1 heterocycles. The van der Waals surface area contributed by atoms with Gasteiger partial charge in [0.05, 0.1) is 12.2 Å². The van der Waals surface area contributed by atoms with Gasteiger partial charge < -0.3 is 15.5 Å². The van der Waals surface area contributed by atoms with Crippen molar-refractivity contribution < 1.29 is 4.79 Å². The summed E-state index contributed by atoms with van der Waals surface area (Å²) in [7, 11) is 6.12. The largest absolute Gasteiger partial charge is 0.336 e. The van der Waals surface area contributed by atoms with Crippen LogP contribution in [0.4, 0.5) is 4.79 Å². The van der Waals surface area contributed by atoms with Gasteiger partial charge >= 0.3 is 6.03 Å². The standard InChI is InChI=1S/C17H31N5O/c1-13-7-6-8-17(9-13,21(3)4)12-18-16(23)20-14(2)15-10-19-22(5)11-15/h10-11,13-14H,6-9,12H2,1-5H3,(H2,18,20,23)/t13-,14-,17-/m1/s1. The van der Waals surface area contributed by atoms with E-state index in [2.05, 4.69) is 41.7 Å². The summed E-state index contributed by atoms with van der Waals surface area (Å²) in [5, 5.41) is 10.2. The Labute approximate surface area is 139 Å². The monoisotopic (exact) mass is 321 g/mol. The third-order valence-corrected chi connectivity index (χ3v) is 5.17. The number of hydrogen-bond donors (Lipinski definition) is 2. The number of likely N-dealkylation sites (N-methyl/N-ethyl adjacent to an activating group) is 1. The van der Waals surface area contributed by atoms with Crippen LogP contribution < -0.4 is 10.6 Å². The number of urea groups is 1. The number of nitrogens with zero attached hydrogens (tertiary/aromatic N) is 3. The molecule has 1 aromatic rings. The number of aryl methyl sites for hydroxylation is 1. The summed E-state index contributed by atoms with van der Waals surface area (Å²) in [6.45, 7) is 4.97. The van der Waals surface area contributed by atoms with Gasteiger partial charge in [0.2, 0.25) is 0 Å². The van der Waals surface area contributed by atoms with Crippen LogP contribution in [0.25, 0.3) is 0 Å². The molecule has 0 bridgehead atoms. The molecule has 6 nitrogen and oxygen atoms in total. The Morgan fingerprint density at radius 1 is 1.57 bits per heavy atom. The van der Waals surface area contributed by atoms with Crippen molar-refractivity contribution in [2.24, 2.45) is 13.0 Å². The summed E-state index contributed by atoms with van der Waals surface area (Å²) in [4.78, 5) is 14.5. The third-order valence-electron chi connectivity index (χ3n) is 5.17. The Hall–Kier alpha value is -1.56. The summed E-state index contributed by atoms with van der Waals surface area (Å²) in [6, 6.07) is -0.162. The van der Waals surface area contributed by atoms with E-state index >= 15 is 0 Å². The van der Waals surface area contributed by atoms with E-state index in [1.54, 1.807) is 10.9 Å². The first-order valence-corrected chi connectivity index (χ1v) is 8.53. The fourth-order valence-corrected chi connectivity index (χ4v) is 3.60. The Morgan fingerprint density at radius 2 is 2.30 bits per heavy atom. The minimum absolute atomic E-state index is 0.0516. The fourth-order valence-electron chi connectivity index (χ4n) is 3.60. The minimum atomic E-state index is -0.110. The van der Waals surface area contributed by atoms with Crippen LogP contribution in [0, 0.1) is 5.92 Å². The summed E-state index contributed by atoms with van der Waals surface area (Å²) in [6.07, 6.45) is 8.51. The Kier molecular flexibility index (Phi) is 5.68. The smallest absolute Gasteiger partial charge is 0.315 e. The molecule has 2 N–H and O–H groups in total. The second-order valence-electron chi connectivity index (χ2n) is 7.32. The molecule has 2 rings (SSSR count). The van der Waals surface area contributed by atoms with Crippen LogP contribution in [0.15, 0.2) is 12.4 Å². The quantitative estimate of drug-likeness (QED) is 0.875. The van der Waals surface area contributed by atoms with Gasteiger partial charge in [0.1, 0.15) is 0 Å². The van der Waals surface area contributed by atoms with E-state index in [1.807, 2.05) is 20.2 Å². The molecule has 3 atom stereocenters. The van der Waals surface area contributed by atoms with Crippen LogP contribution in [0.2, 0.25) is 0 Å². The molecular formula is C17H31N5O. The lowest BCUT2D eigenvalue weighted by Gasteiger charge is -2.45. The number of carbonyl (C=O) groups excluding carboxylic acids is 1. The zero-order valence-electron chi connectivity index (χ0n) is 15.1. The van der Waals surface area contributed by atoms with Gasteiger partial charge in [0.15, 0.2) is 0 Å². The van der Waals surface area contributed by atoms with E-state index in [-0.39, 0.29) is 17.6 Å². The van der Waals surface area contributed by atoms with Crippen molar-refractivity contribution >= 4 is 6.03 Å². The van der Waals surface area contributed by atoms with E-state index in [0.29, 0.717) is 12.5 Å². The molecular weight excluding hydrogens is 290 g/mol. The number of hydrogen-bond acceptors (Lipinski definition) is 3. The average Bonchev–Trinajstić information content (AvgIpc) is 2.92. The predicted octanol–water partition coefficient (Wildman–Crippen LogP) is 2.29. The predicted molar refractivity (Wildman–Crippen MR) is 92.2 cm³/mol. The van der Waals surface area contributed by atoms with Gasteiger partial charge in [-0.1, -0.05) is 19.8 Å². The first-order valence-electron chi connectivity index (χ1n) is 8.53. The van der Waals surface area contributed by atoms with Gasteiger partial charge in [0.25, 0.3) is 0 Å².